The quantitative estimate of drug-likeness (QED) is 0.495. The average Bonchev–Trinajstić information content (AvgIpc) is 2.17. The van der Waals surface area contributed by atoms with Gasteiger partial charge in [0.1, 0.15) is 12.2 Å². The standard InChI is InChI=1S/C11H22O4/c1-4-11(2,3)15-10(13)9-14-8-6-5-7-12/h12H,4-9H2,1-3H3. The van der Waals surface area contributed by atoms with E-state index in [1.165, 1.54) is 0 Å². The molecule has 0 aromatic carbocycles. The van der Waals surface area contributed by atoms with Crippen LogP contribution in [-0.4, -0.2) is 36.5 Å². The zero-order valence-electron chi connectivity index (χ0n) is 9.91. The van der Waals surface area contributed by atoms with E-state index >= 15 is 0 Å². The SMILES string of the molecule is CCC(C)(C)OC(=O)COCCCCO. The van der Waals surface area contributed by atoms with E-state index in [4.69, 9.17) is 14.6 Å². The van der Waals surface area contributed by atoms with Gasteiger partial charge in [-0.2, -0.15) is 0 Å². The van der Waals surface area contributed by atoms with Crippen LogP contribution in [0, 0.1) is 0 Å². The summed E-state index contributed by atoms with van der Waals surface area (Å²) in [6.07, 6.45) is 2.25. The van der Waals surface area contributed by atoms with E-state index in [0.29, 0.717) is 13.0 Å². The van der Waals surface area contributed by atoms with Crippen molar-refractivity contribution >= 4 is 5.97 Å². The fourth-order valence-electron chi connectivity index (χ4n) is 0.881. The molecule has 0 aliphatic rings. The van der Waals surface area contributed by atoms with Crippen LogP contribution in [0.3, 0.4) is 0 Å². The van der Waals surface area contributed by atoms with E-state index in [0.717, 1.165) is 12.8 Å². The third-order valence-electron chi connectivity index (χ3n) is 2.16. The number of aliphatic hydroxyl groups excluding tert-OH is 1. The second kappa shape index (κ2) is 7.65. The van der Waals surface area contributed by atoms with Gasteiger partial charge in [-0.3, -0.25) is 0 Å². The number of hydrogen-bond acceptors (Lipinski definition) is 4. The van der Waals surface area contributed by atoms with E-state index < -0.39 is 5.60 Å². The molecule has 4 heteroatoms. The van der Waals surface area contributed by atoms with E-state index in [2.05, 4.69) is 0 Å². The summed E-state index contributed by atoms with van der Waals surface area (Å²) < 4.78 is 10.3. The van der Waals surface area contributed by atoms with Crippen molar-refractivity contribution in [3.05, 3.63) is 0 Å². The third-order valence-corrected chi connectivity index (χ3v) is 2.16. The van der Waals surface area contributed by atoms with Crippen molar-refractivity contribution in [2.24, 2.45) is 0 Å². The van der Waals surface area contributed by atoms with Crippen molar-refractivity contribution in [3.8, 4) is 0 Å². The van der Waals surface area contributed by atoms with Gasteiger partial charge in [0.2, 0.25) is 0 Å². The van der Waals surface area contributed by atoms with Gasteiger partial charge in [0.25, 0.3) is 0 Å². The van der Waals surface area contributed by atoms with E-state index in [9.17, 15) is 4.79 Å². The molecule has 0 saturated heterocycles. The first-order chi connectivity index (χ1) is 7.02. The monoisotopic (exact) mass is 218 g/mol. The zero-order valence-corrected chi connectivity index (χ0v) is 9.91. The summed E-state index contributed by atoms with van der Waals surface area (Å²) in [6, 6.07) is 0. The highest BCUT2D eigenvalue weighted by molar-refractivity contribution is 5.71. The van der Waals surface area contributed by atoms with Crippen LogP contribution in [0.5, 0.6) is 0 Å². The van der Waals surface area contributed by atoms with Crippen molar-refractivity contribution in [1.82, 2.24) is 0 Å². The Bertz CT molecular complexity index is 177. The molecule has 0 fully saturated rings. The normalized spacial score (nSPS) is 11.5. The lowest BCUT2D eigenvalue weighted by Crippen LogP contribution is -2.29. The Morgan fingerprint density at radius 3 is 2.53 bits per heavy atom. The molecule has 4 nitrogen and oxygen atoms in total. The van der Waals surface area contributed by atoms with Crippen molar-refractivity contribution in [1.29, 1.82) is 0 Å². The molecule has 0 bridgehead atoms. The van der Waals surface area contributed by atoms with E-state index in [1.807, 2.05) is 20.8 Å². The minimum absolute atomic E-state index is 0.00510. The molecule has 0 saturated carbocycles. The fourth-order valence-corrected chi connectivity index (χ4v) is 0.881. The lowest BCUT2D eigenvalue weighted by Gasteiger charge is -2.23. The van der Waals surface area contributed by atoms with Gasteiger partial charge in [-0.25, -0.2) is 4.79 Å². The molecule has 0 heterocycles. The molecular formula is C11H22O4. The maximum atomic E-state index is 11.3. The molecule has 0 aliphatic heterocycles. The van der Waals surface area contributed by atoms with Crippen LogP contribution in [0.1, 0.15) is 40.0 Å². The third kappa shape index (κ3) is 8.39. The smallest absolute Gasteiger partial charge is 0.332 e. The molecule has 0 aromatic rings. The van der Waals surface area contributed by atoms with Gasteiger partial charge < -0.3 is 14.6 Å². The van der Waals surface area contributed by atoms with Crippen molar-refractivity contribution in [2.75, 3.05) is 19.8 Å². The number of carbonyl (C=O) groups is 1. The first-order valence-electron chi connectivity index (χ1n) is 5.42. The average molecular weight is 218 g/mol. The molecule has 0 atom stereocenters. The Morgan fingerprint density at radius 1 is 1.33 bits per heavy atom. The highest BCUT2D eigenvalue weighted by Crippen LogP contribution is 2.13. The number of esters is 1. The minimum atomic E-state index is -0.411. The van der Waals surface area contributed by atoms with Crippen LogP contribution in [0.25, 0.3) is 0 Å². The Morgan fingerprint density at radius 2 is 2.00 bits per heavy atom. The highest BCUT2D eigenvalue weighted by Gasteiger charge is 2.19. The lowest BCUT2D eigenvalue weighted by atomic mass is 10.1. The molecule has 0 amide bonds. The van der Waals surface area contributed by atoms with Gasteiger partial charge in [-0.05, 0) is 33.1 Å². The number of rotatable bonds is 8. The second-order valence-electron chi connectivity index (χ2n) is 4.07. The van der Waals surface area contributed by atoms with Gasteiger partial charge in [0.05, 0.1) is 0 Å². The van der Waals surface area contributed by atoms with Crippen LogP contribution in [0.4, 0.5) is 0 Å². The van der Waals surface area contributed by atoms with Crippen LogP contribution in [0.2, 0.25) is 0 Å². The van der Waals surface area contributed by atoms with Crippen molar-refractivity contribution < 1.29 is 19.4 Å². The summed E-state index contributed by atoms with van der Waals surface area (Å²) in [5.74, 6) is -0.328. The molecule has 15 heavy (non-hydrogen) atoms. The Labute approximate surface area is 91.6 Å². The van der Waals surface area contributed by atoms with Gasteiger partial charge in [-0.1, -0.05) is 6.92 Å². The Hall–Kier alpha value is -0.610. The van der Waals surface area contributed by atoms with Gasteiger partial charge in [-0.15, -0.1) is 0 Å². The van der Waals surface area contributed by atoms with E-state index in [1.54, 1.807) is 0 Å². The maximum absolute atomic E-state index is 11.3. The van der Waals surface area contributed by atoms with Crippen LogP contribution >= 0.6 is 0 Å². The molecule has 0 radical (unpaired) electrons. The maximum Gasteiger partial charge on any atom is 0.332 e. The summed E-state index contributed by atoms with van der Waals surface area (Å²) >= 11 is 0. The topological polar surface area (TPSA) is 55.8 Å². The number of aliphatic hydroxyl groups is 1. The number of carbonyl (C=O) groups excluding carboxylic acids is 1. The van der Waals surface area contributed by atoms with Gasteiger partial charge in [0, 0.05) is 13.2 Å². The first kappa shape index (κ1) is 14.4. The van der Waals surface area contributed by atoms with Gasteiger partial charge >= 0.3 is 5.97 Å². The first-order valence-corrected chi connectivity index (χ1v) is 5.42. The van der Waals surface area contributed by atoms with Crippen LogP contribution < -0.4 is 0 Å². The molecular weight excluding hydrogens is 196 g/mol. The number of hydrogen-bond donors (Lipinski definition) is 1. The fraction of sp³-hybridized carbons (Fsp3) is 0.909. The Kier molecular flexibility index (Phi) is 7.34. The molecule has 1 N–H and O–H groups in total. The van der Waals surface area contributed by atoms with E-state index in [-0.39, 0.29) is 19.2 Å². The summed E-state index contributed by atoms with van der Waals surface area (Å²) in [4.78, 5) is 11.3. The molecule has 0 spiro atoms. The van der Waals surface area contributed by atoms with Crippen LogP contribution in [-0.2, 0) is 14.3 Å². The largest absolute Gasteiger partial charge is 0.458 e. The lowest BCUT2D eigenvalue weighted by molar-refractivity contribution is -0.162. The minimum Gasteiger partial charge on any atom is -0.458 e. The van der Waals surface area contributed by atoms with Gasteiger partial charge in [0.15, 0.2) is 0 Å². The van der Waals surface area contributed by atoms with Crippen molar-refractivity contribution in [2.45, 2.75) is 45.6 Å². The summed E-state index contributed by atoms with van der Waals surface area (Å²) in [6.45, 7) is 6.36. The Balaban J connectivity index is 3.49. The zero-order chi connectivity index (χ0) is 11.7. The molecule has 90 valence electrons. The summed E-state index contributed by atoms with van der Waals surface area (Å²) in [5.41, 5.74) is -0.411. The van der Waals surface area contributed by atoms with Crippen molar-refractivity contribution in [3.63, 3.8) is 0 Å². The molecule has 0 aliphatic carbocycles. The number of unbranched alkanes of at least 4 members (excludes halogenated alkanes) is 1. The molecule has 0 aromatic heterocycles. The predicted octanol–water partition coefficient (Wildman–Crippen LogP) is 1.51. The second-order valence-corrected chi connectivity index (χ2v) is 4.07. The highest BCUT2D eigenvalue weighted by atomic mass is 16.6. The van der Waals surface area contributed by atoms with Crippen LogP contribution in [0.15, 0.2) is 0 Å². The predicted molar refractivity (Wildman–Crippen MR) is 57.6 cm³/mol. The molecule has 0 rings (SSSR count). The molecule has 0 unspecified atom stereocenters. The number of ether oxygens (including phenoxy) is 2. The summed E-state index contributed by atoms with van der Waals surface area (Å²) in [5, 5.41) is 8.51. The summed E-state index contributed by atoms with van der Waals surface area (Å²) in [7, 11) is 0.